The summed E-state index contributed by atoms with van der Waals surface area (Å²) in [6.45, 7) is 5.17. The van der Waals surface area contributed by atoms with E-state index in [1.165, 1.54) is 25.5 Å². The van der Waals surface area contributed by atoms with E-state index >= 15 is 0 Å². The molecular weight excluding hydrogens is 431 g/mol. The molecule has 0 radical (unpaired) electrons. The maximum absolute atomic E-state index is 13.9. The van der Waals surface area contributed by atoms with E-state index in [-0.39, 0.29) is 23.6 Å². The zero-order valence-electron chi connectivity index (χ0n) is 20.1. The van der Waals surface area contributed by atoms with Gasteiger partial charge >= 0.3 is 6.03 Å². The van der Waals surface area contributed by atoms with Gasteiger partial charge in [0, 0.05) is 44.8 Å². The molecule has 2 N–H and O–H groups in total. The van der Waals surface area contributed by atoms with Crippen molar-refractivity contribution in [2.24, 2.45) is 0 Å². The Morgan fingerprint density at radius 1 is 1.00 bits per heavy atom. The van der Waals surface area contributed by atoms with Gasteiger partial charge in [0.15, 0.2) is 11.6 Å². The van der Waals surface area contributed by atoms with Crippen molar-refractivity contribution in [3.8, 4) is 5.75 Å². The highest BCUT2D eigenvalue weighted by Crippen LogP contribution is 2.21. The Morgan fingerprint density at radius 3 is 2.53 bits per heavy atom. The van der Waals surface area contributed by atoms with Crippen LogP contribution in [0.5, 0.6) is 5.75 Å². The Balaban J connectivity index is 1.18. The first-order chi connectivity index (χ1) is 16.6. The van der Waals surface area contributed by atoms with Gasteiger partial charge in [-0.15, -0.1) is 0 Å². The third kappa shape index (κ3) is 6.93. The van der Waals surface area contributed by atoms with Crippen LogP contribution in [0.2, 0.25) is 0 Å². The Hall–Kier alpha value is -2.64. The molecule has 6 nitrogen and oxygen atoms in total. The lowest BCUT2D eigenvalue weighted by atomic mass is 10.0. The minimum Gasteiger partial charge on any atom is -0.494 e. The number of rotatable bonds is 8. The van der Waals surface area contributed by atoms with Crippen LogP contribution in [0.3, 0.4) is 0 Å². The minimum absolute atomic E-state index is 0.0686. The van der Waals surface area contributed by atoms with Gasteiger partial charge < -0.3 is 15.4 Å². The quantitative estimate of drug-likeness (QED) is 0.611. The number of methoxy groups -OCH3 is 1. The molecule has 0 saturated carbocycles. The van der Waals surface area contributed by atoms with E-state index in [4.69, 9.17) is 4.74 Å². The third-order valence-electron chi connectivity index (χ3n) is 7.02. The fourth-order valence-electron chi connectivity index (χ4n) is 5.07. The lowest BCUT2D eigenvalue weighted by Crippen LogP contribution is -2.51. The van der Waals surface area contributed by atoms with Crippen LogP contribution in [-0.4, -0.2) is 61.2 Å². The first-order valence-electron chi connectivity index (χ1n) is 12.5. The lowest BCUT2D eigenvalue weighted by molar-refractivity contribution is 0.137. The average Bonchev–Trinajstić information content (AvgIpc) is 2.85. The van der Waals surface area contributed by atoms with E-state index in [2.05, 4.69) is 44.7 Å². The topological polar surface area (TPSA) is 56.8 Å². The Morgan fingerprint density at radius 2 is 1.79 bits per heavy atom. The van der Waals surface area contributed by atoms with Crippen molar-refractivity contribution in [2.45, 2.75) is 57.3 Å². The molecule has 2 fully saturated rings. The van der Waals surface area contributed by atoms with Gasteiger partial charge in [-0.1, -0.05) is 42.8 Å². The molecule has 2 aromatic rings. The lowest BCUT2D eigenvalue weighted by Gasteiger charge is -2.36. The molecule has 2 amide bonds. The summed E-state index contributed by atoms with van der Waals surface area (Å²) >= 11 is 0. The zero-order chi connectivity index (χ0) is 23.8. The number of nitrogens with zero attached hydrogens (tertiary/aromatic N) is 2. The van der Waals surface area contributed by atoms with Crippen LogP contribution in [0.1, 0.15) is 43.2 Å². The number of ether oxygens (including phenoxy) is 1. The number of carbonyl (C=O) groups is 1. The molecule has 0 aliphatic carbocycles. The smallest absolute Gasteiger partial charge is 0.315 e. The number of hydrogen-bond acceptors (Lipinski definition) is 4. The van der Waals surface area contributed by atoms with E-state index in [0.717, 1.165) is 51.0 Å². The van der Waals surface area contributed by atoms with Gasteiger partial charge in [0.05, 0.1) is 7.11 Å². The molecule has 0 aromatic heterocycles. The largest absolute Gasteiger partial charge is 0.494 e. The summed E-state index contributed by atoms with van der Waals surface area (Å²) in [5, 5.41) is 6.28. The van der Waals surface area contributed by atoms with Gasteiger partial charge in [-0.2, -0.15) is 0 Å². The van der Waals surface area contributed by atoms with Crippen LogP contribution < -0.4 is 15.4 Å². The van der Waals surface area contributed by atoms with E-state index < -0.39 is 0 Å². The fraction of sp³-hybridized carbons (Fsp3) is 0.519. The van der Waals surface area contributed by atoms with Crippen molar-refractivity contribution in [1.82, 2.24) is 20.4 Å². The van der Waals surface area contributed by atoms with Crippen molar-refractivity contribution in [3.05, 3.63) is 65.5 Å². The Labute approximate surface area is 202 Å². The van der Waals surface area contributed by atoms with Gasteiger partial charge in [0.25, 0.3) is 0 Å². The SMILES string of the molecule is COc1ccc(CN2CCC(NC(=O)NCC3CCCCN3Cc3ccccc3)CC2)cc1F. The molecule has 184 valence electrons. The van der Waals surface area contributed by atoms with Gasteiger partial charge in [-0.05, 0) is 55.5 Å². The van der Waals surface area contributed by atoms with Gasteiger partial charge in [-0.25, -0.2) is 9.18 Å². The molecule has 2 saturated heterocycles. The number of benzene rings is 2. The predicted molar refractivity (Wildman–Crippen MR) is 132 cm³/mol. The van der Waals surface area contributed by atoms with Crippen LogP contribution in [-0.2, 0) is 13.1 Å². The highest BCUT2D eigenvalue weighted by molar-refractivity contribution is 5.74. The first-order valence-corrected chi connectivity index (χ1v) is 12.5. The number of piperidine rings is 2. The summed E-state index contributed by atoms with van der Waals surface area (Å²) in [4.78, 5) is 17.4. The Bertz CT molecular complexity index is 918. The van der Waals surface area contributed by atoms with Crippen LogP contribution in [0.4, 0.5) is 9.18 Å². The molecule has 2 aliphatic rings. The van der Waals surface area contributed by atoms with Gasteiger partial charge in [0.1, 0.15) is 0 Å². The fourth-order valence-corrected chi connectivity index (χ4v) is 5.07. The van der Waals surface area contributed by atoms with E-state index in [0.29, 0.717) is 19.1 Å². The summed E-state index contributed by atoms with van der Waals surface area (Å²) in [7, 11) is 1.47. The molecule has 7 heteroatoms. The van der Waals surface area contributed by atoms with Crippen LogP contribution in [0.25, 0.3) is 0 Å². The molecular formula is C27H37FN4O2. The van der Waals surface area contributed by atoms with E-state index in [1.54, 1.807) is 12.1 Å². The van der Waals surface area contributed by atoms with Crippen molar-refractivity contribution in [3.63, 3.8) is 0 Å². The van der Waals surface area contributed by atoms with Crippen LogP contribution in [0, 0.1) is 5.82 Å². The maximum atomic E-state index is 13.9. The molecule has 2 aliphatic heterocycles. The van der Waals surface area contributed by atoms with Crippen LogP contribution >= 0.6 is 0 Å². The van der Waals surface area contributed by atoms with Crippen molar-refractivity contribution in [1.29, 1.82) is 0 Å². The number of nitrogens with one attached hydrogen (secondary N) is 2. The summed E-state index contributed by atoms with van der Waals surface area (Å²) in [6.07, 6.45) is 5.36. The number of amides is 2. The third-order valence-corrected chi connectivity index (χ3v) is 7.02. The summed E-state index contributed by atoms with van der Waals surface area (Å²) in [5.74, 6) is -0.0531. The average molecular weight is 469 g/mol. The number of likely N-dealkylation sites (tertiary alicyclic amines) is 2. The van der Waals surface area contributed by atoms with Gasteiger partial charge in [-0.3, -0.25) is 9.80 Å². The first kappa shape index (κ1) is 24.5. The van der Waals surface area contributed by atoms with Gasteiger partial charge in [0.2, 0.25) is 0 Å². The summed E-state index contributed by atoms with van der Waals surface area (Å²) in [6, 6.07) is 16.2. The molecule has 4 rings (SSSR count). The molecule has 34 heavy (non-hydrogen) atoms. The highest BCUT2D eigenvalue weighted by Gasteiger charge is 2.24. The maximum Gasteiger partial charge on any atom is 0.315 e. The monoisotopic (exact) mass is 468 g/mol. The number of halogens is 1. The standard InChI is InChI=1S/C27H37FN4O2/c1-34-26-11-10-22(17-25(26)28)19-31-15-12-23(13-16-31)30-27(33)29-18-24-9-5-6-14-32(24)20-21-7-3-2-4-8-21/h2-4,7-8,10-11,17,23-24H,5-6,9,12-16,18-20H2,1H3,(H2,29,30,33). The Kier molecular flexibility index (Phi) is 8.77. The molecule has 0 bridgehead atoms. The number of urea groups is 1. The van der Waals surface area contributed by atoms with E-state index in [1.807, 2.05) is 12.1 Å². The second kappa shape index (κ2) is 12.2. The second-order valence-corrected chi connectivity index (χ2v) is 9.48. The molecule has 1 atom stereocenters. The van der Waals surface area contributed by atoms with Crippen LogP contribution in [0.15, 0.2) is 48.5 Å². The van der Waals surface area contributed by atoms with E-state index in [9.17, 15) is 9.18 Å². The summed E-state index contributed by atoms with van der Waals surface area (Å²) in [5.41, 5.74) is 2.26. The summed E-state index contributed by atoms with van der Waals surface area (Å²) < 4.78 is 18.9. The predicted octanol–water partition coefficient (Wildman–Crippen LogP) is 4.15. The molecule has 2 heterocycles. The molecule has 2 aromatic carbocycles. The zero-order valence-corrected chi connectivity index (χ0v) is 20.1. The number of hydrogen-bond donors (Lipinski definition) is 2. The highest BCUT2D eigenvalue weighted by atomic mass is 19.1. The number of carbonyl (C=O) groups excluding carboxylic acids is 1. The molecule has 0 spiro atoms. The minimum atomic E-state index is -0.325. The van der Waals surface area contributed by atoms with Crippen molar-refractivity contribution in [2.75, 3.05) is 33.3 Å². The van der Waals surface area contributed by atoms with Crippen molar-refractivity contribution >= 4 is 6.03 Å². The van der Waals surface area contributed by atoms with Crippen molar-refractivity contribution < 1.29 is 13.9 Å². The second-order valence-electron chi connectivity index (χ2n) is 9.48. The molecule has 1 unspecified atom stereocenters. The normalized spacial score (nSPS) is 20.1.